The molecule has 136 valence electrons. The van der Waals surface area contributed by atoms with Crippen molar-refractivity contribution in [1.29, 1.82) is 5.26 Å². The average molecular weight is 378 g/mol. The summed E-state index contributed by atoms with van der Waals surface area (Å²) in [6, 6.07) is 15.2. The summed E-state index contributed by atoms with van der Waals surface area (Å²) < 4.78 is 1.56. The standard InChI is InChI=1S/C19H18N6OS/c1-14-10-15(6-7-18(14)25-13-22-23-24-25)19(26)21-8-9-27-12-17-5-3-2-4-16(17)11-20/h2-7,10,13H,8-9,12H2,1H3,(H,21,26). The second kappa shape index (κ2) is 8.96. The van der Waals surface area contributed by atoms with Crippen LogP contribution in [0.5, 0.6) is 0 Å². The van der Waals surface area contributed by atoms with Crippen molar-refractivity contribution < 1.29 is 4.79 Å². The quantitative estimate of drug-likeness (QED) is 0.635. The number of nitrogens with zero attached hydrogens (tertiary/aromatic N) is 5. The number of hydrogen-bond donors (Lipinski definition) is 1. The Balaban J connectivity index is 1.48. The first-order valence-electron chi connectivity index (χ1n) is 8.37. The Bertz CT molecular complexity index is 965. The van der Waals surface area contributed by atoms with Crippen LogP contribution < -0.4 is 5.32 Å². The number of nitrogens with one attached hydrogen (secondary N) is 1. The summed E-state index contributed by atoms with van der Waals surface area (Å²) in [5.41, 5.74) is 4.07. The molecule has 1 aromatic heterocycles. The third kappa shape index (κ3) is 4.71. The Kier molecular flexibility index (Phi) is 6.18. The highest BCUT2D eigenvalue weighted by Gasteiger charge is 2.09. The summed E-state index contributed by atoms with van der Waals surface area (Å²) in [6.45, 7) is 2.47. The van der Waals surface area contributed by atoms with Gasteiger partial charge in [-0.1, -0.05) is 18.2 Å². The lowest BCUT2D eigenvalue weighted by Gasteiger charge is -2.09. The van der Waals surface area contributed by atoms with Gasteiger partial charge in [-0.15, -0.1) is 5.10 Å². The van der Waals surface area contributed by atoms with Crippen molar-refractivity contribution in [1.82, 2.24) is 25.5 Å². The molecule has 0 spiro atoms. The fourth-order valence-corrected chi connectivity index (χ4v) is 3.46. The van der Waals surface area contributed by atoms with E-state index >= 15 is 0 Å². The zero-order chi connectivity index (χ0) is 19.1. The average Bonchev–Trinajstić information content (AvgIpc) is 3.22. The van der Waals surface area contributed by atoms with E-state index in [9.17, 15) is 4.79 Å². The second-order valence-electron chi connectivity index (χ2n) is 5.83. The molecule has 3 rings (SSSR count). The highest BCUT2D eigenvalue weighted by molar-refractivity contribution is 7.98. The number of nitriles is 1. The molecular weight excluding hydrogens is 360 g/mol. The van der Waals surface area contributed by atoms with Crippen LogP contribution in [0.3, 0.4) is 0 Å². The monoisotopic (exact) mass is 378 g/mol. The van der Waals surface area contributed by atoms with Crippen molar-refractivity contribution in [3.8, 4) is 11.8 Å². The van der Waals surface area contributed by atoms with Gasteiger partial charge in [0.05, 0.1) is 17.3 Å². The molecule has 8 heteroatoms. The molecule has 0 atom stereocenters. The third-order valence-corrected chi connectivity index (χ3v) is 4.99. The van der Waals surface area contributed by atoms with Gasteiger partial charge < -0.3 is 5.32 Å². The van der Waals surface area contributed by atoms with Crippen molar-refractivity contribution in [3.63, 3.8) is 0 Å². The van der Waals surface area contributed by atoms with Crippen LogP contribution in [0, 0.1) is 18.3 Å². The van der Waals surface area contributed by atoms with Crippen molar-refractivity contribution in [2.45, 2.75) is 12.7 Å². The van der Waals surface area contributed by atoms with Crippen LogP contribution >= 0.6 is 11.8 Å². The largest absolute Gasteiger partial charge is 0.351 e. The number of thioether (sulfide) groups is 1. The highest BCUT2D eigenvalue weighted by atomic mass is 32.2. The summed E-state index contributed by atoms with van der Waals surface area (Å²) in [7, 11) is 0. The first-order chi connectivity index (χ1) is 13.2. The van der Waals surface area contributed by atoms with E-state index in [0.29, 0.717) is 17.7 Å². The molecule has 7 nitrogen and oxygen atoms in total. The Morgan fingerprint density at radius 3 is 2.89 bits per heavy atom. The molecule has 0 aliphatic carbocycles. The van der Waals surface area contributed by atoms with Gasteiger partial charge in [-0.25, -0.2) is 4.68 Å². The van der Waals surface area contributed by atoms with Crippen LogP contribution in [0.1, 0.15) is 27.0 Å². The molecule has 27 heavy (non-hydrogen) atoms. The summed E-state index contributed by atoms with van der Waals surface area (Å²) in [4.78, 5) is 12.3. The first kappa shape index (κ1) is 18.6. The Labute approximate surface area is 161 Å². The van der Waals surface area contributed by atoms with E-state index in [4.69, 9.17) is 5.26 Å². The number of aromatic nitrogens is 4. The van der Waals surface area contributed by atoms with Crippen LogP contribution in [0.25, 0.3) is 5.69 Å². The molecule has 0 aliphatic heterocycles. The molecule has 0 saturated carbocycles. The van der Waals surface area contributed by atoms with E-state index in [1.54, 1.807) is 22.5 Å². The molecule has 2 aromatic carbocycles. The van der Waals surface area contributed by atoms with Gasteiger partial charge in [-0.2, -0.15) is 17.0 Å². The lowest BCUT2D eigenvalue weighted by atomic mass is 10.1. The lowest BCUT2D eigenvalue weighted by Crippen LogP contribution is -2.25. The molecular formula is C19H18N6OS. The first-order valence-corrected chi connectivity index (χ1v) is 9.52. The van der Waals surface area contributed by atoms with Crippen LogP contribution in [0.4, 0.5) is 0 Å². The van der Waals surface area contributed by atoms with Crippen molar-refractivity contribution >= 4 is 17.7 Å². The smallest absolute Gasteiger partial charge is 0.251 e. The topological polar surface area (TPSA) is 96.5 Å². The fourth-order valence-electron chi connectivity index (χ4n) is 2.60. The van der Waals surface area contributed by atoms with E-state index in [-0.39, 0.29) is 5.91 Å². The number of benzene rings is 2. The number of tetrazole rings is 1. The van der Waals surface area contributed by atoms with Crippen molar-refractivity contribution in [3.05, 3.63) is 71.0 Å². The van der Waals surface area contributed by atoms with E-state index in [1.165, 1.54) is 6.33 Å². The minimum Gasteiger partial charge on any atom is -0.351 e. The Morgan fingerprint density at radius 2 is 2.15 bits per heavy atom. The maximum Gasteiger partial charge on any atom is 0.251 e. The van der Waals surface area contributed by atoms with Gasteiger partial charge in [-0.05, 0) is 52.7 Å². The predicted octanol–water partition coefficient (Wildman–Crippen LogP) is 2.51. The summed E-state index contributed by atoms with van der Waals surface area (Å²) >= 11 is 1.69. The van der Waals surface area contributed by atoms with Gasteiger partial charge in [0.15, 0.2) is 0 Å². The van der Waals surface area contributed by atoms with Gasteiger partial charge in [0, 0.05) is 23.6 Å². The molecule has 1 amide bonds. The number of hydrogen-bond acceptors (Lipinski definition) is 6. The van der Waals surface area contributed by atoms with Gasteiger partial charge >= 0.3 is 0 Å². The van der Waals surface area contributed by atoms with E-state index in [1.807, 2.05) is 43.3 Å². The van der Waals surface area contributed by atoms with E-state index < -0.39 is 0 Å². The molecule has 0 saturated heterocycles. The van der Waals surface area contributed by atoms with Crippen molar-refractivity contribution in [2.24, 2.45) is 0 Å². The Hall–Kier alpha value is -3.18. The number of amides is 1. The zero-order valence-electron chi connectivity index (χ0n) is 14.8. The van der Waals surface area contributed by atoms with Crippen LogP contribution in [-0.4, -0.2) is 38.4 Å². The van der Waals surface area contributed by atoms with Gasteiger partial charge in [-0.3, -0.25) is 4.79 Å². The zero-order valence-corrected chi connectivity index (χ0v) is 15.6. The number of aryl methyl sites for hydroxylation is 1. The second-order valence-corrected chi connectivity index (χ2v) is 6.94. The fraction of sp³-hybridized carbons (Fsp3) is 0.211. The summed E-state index contributed by atoms with van der Waals surface area (Å²) in [6.07, 6.45) is 1.52. The number of carbonyl (C=O) groups excluding carboxylic acids is 1. The van der Waals surface area contributed by atoms with E-state index in [2.05, 4.69) is 26.9 Å². The lowest BCUT2D eigenvalue weighted by molar-refractivity contribution is 0.0956. The predicted molar refractivity (Wildman–Crippen MR) is 104 cm³/mol. The molecule has 0 aliphatic rings. The highest BCUT2D eigenvalue weighted by Crippen LogP contribution is 2.16. The third-order valence-electron chi connectivity index (χ3n) is 3.98. The van der Waals surface area contributed by atoms with Crippen LogP contribution in [0.2, 0.25) is 0 Å². The van der Waals surface area contributed by atoms with Crippen LogP contribution in [0.15, 0.2) is 48.8 Å². The molecule has 1 heterocycles. The van der Waals surface area contributed by atoms with Gasteiger partial charge in [0.25, 0.3) is 5.91 Å². The molecule has 0 fully saturated rings. The van der Waals surface area contributed by atoms with E-state index in [0.717, 1.165) is 28.3 Å². The maximum absolute atomic E-state index is 12.3. The van der Waals surface area contributed by atoms with Crippen LogP contribution in [-0.2, 0) is 5.75 Å². The molecule has 0 radical (unpaired) electrons. The normalized spacial score (nSPS) is 10.4. The number of carbonyl (C=O) groups is 1. The Morgan fingerprint density at radius 1 is 1.30 bits per heavy atom. The molecule has 3 aromatic rings. The summed E-state index contributed by atoms with van der Waals surface area (Å²) in [5, 5.41) is 23.1. The number of rotatable bonds is 7. The van der Waals surface area contributed by atoms with Gasteiger partial charge in [0.1, 0.15) is 6.33 Å². The maximum atomic E-state index is 12.3. The minimum absolute atomic E-state index is 0.112. The molecule has 1 N–H and O–H groups in total. The van der Waals surface area contributed by atoms with Gasteiger partial charge in [0.2, 0.25) is 0 Å². The molecule has 0 bridgehead atoms. The SMILES string of the molecule is Cc1cc(C(=O)NCCSCc2ccccc2C#N)ccc1-n1cnnn1. The van der Waals surface area contributed by atoms with Crippen molar-refractivity contribution in [2.75, 3.05) is 12.3 Å². The molecule has 0 unspecified atom stereocenters. The summed E-state index contributed by atoms with van der Waals surface area (Å²) in [5.74, 6) is 1.41. The minimum atomic E-state index is -0.112.